The molecule has 0 saturated carbocycles. The number of hydrogen-bond acceptors (Lipinski definition) is 7. The van der Waals surface area contributed by atoms with E-state index in [1.54, 1.807) is 11.8 Å². The number of carbonyl (C=O) groups is 2. The summed E-state index contributed by atoms with van der Waals surface area (Å²) in [4.78, 5) is 21.3. The van der Waals surface area contributed by atoms with Crippen molar-refractivity contribution >= 4 is 24.2 Å². The molecule has 0 aromatic rings. The van der Waals surface area contributed by atoms with Crippen molar-refractivity contribution in [3.8, 4) is 0 Å². The first-order valence-corrected chi connectivity index (χ1v) is 8.66. The highest BCUT2D eigenvalue weighted by atomic mass is 32.2. The van der Waals surface area contributed by atoms with E-state index in [0.717, 1.165) is 5.75 Å². The molecule has 0 aliphatic carbocycles. The highest BCUT2D eigenvalue weighted by Gasteiger charge is 2.13. The number of hydrogen-bond donors (Lipinski definition) is 0. The van der Waals surface area contributed by atoms with Crippen LogP contribution in [0.1, 0.15) is 34.1 Å². The third kappa shape index (κ3) is 14.2. The fourth-order valence-corrected chi connectivity index (χ4v) is 2.42. The van der Waals surface area contributed by atoms with Crippen LogP contribution in [0.5, 0.6) is 0 Å². The van der Waals surface area contributed by atoms with Gasteiger partial charge in [-0.1, -0.05) is 0 Å². The van der Waals surface area contributed by atoms with Crippen LogP contribution < -0.4 is 0 Å². The first kappa shape index (κ1) is 21.2. The monoisotopic (exact) mass is 336 g/mol. The zero-order chi connectivity index (χ0) is 16.8. The minimum absolute atomic E-state index is 0.0180. The van der Waals surface area contributed by atoms with E-state index in [4.69, 9.17) is 14.2 Å². The van der Waals surface area contributed by atoms with Crippen LogP contribution in [0.3, 0.4) is 0 Å². The molecule has 1 atom stereocenters. The summed E-state index contributed by atoms with van der Waals surface area (Å²) in [5.41, 5.74) is 0. The van der Waals surface area contributed by atoms with Gasteiger partial charge in [0.25, 0.3) is 6.47 Å². The van der Waals surface area contributed by atoms with E-state index in [9.17, 15) is 9.59 Å². The van der Waals surface area contributed by atoms with Gasteiger partial charge in [0.2, 0.25) is 0 Å². The van der Waals surface area contributed by atoms with Gasteiger partial charge in [-0.3, -0.25) is 9.59 Å². The van der Waals surface area contributed by atoms with Gasteiger partial charge in [-0.05, 0) is 27.7 Å². The molecule has 6 nitrogen and oxygen atoms in total. The standard InChI is InChI=1S/C15H28O6S/c1-12(2)20-9-14(21-13(3)4)10-22-8-5-15(17)19-7-6-18-11-16/h11-14H,5-10H2,1-4H3. The molecule has 0 bridgehead atoms. The van der Waals surface area contributed by atoms with E-state index >= 15 is 0 Å². The molecule has 0 radical (unpaired) electrons. The van der Waals surface area contributed by atoms with Gasteiger partial charge in [0, 0.05) is 11.5 Å². The zero-order valence-electron chi connectivity index (χ0n) is 13.9. The Morgan fingerprint density at radius 1 is 1.14 bits per heavy atom. The number of ether oxygens (including phenoxy) is 4. The summed E-state index contributed by atoms with van der Waals surface area (Å²) in [7, 11) is 0. The van der Waals surface area contributed by atoms with E-state index in [0.29, 0.717) is 25.3 Å². The number of carbonyl (C=O) groups excluding carboxylic acids is 2. The average Bonchev–Trinajstić information content (AvgIpc) is 2.44. The molecule has 0 rings (SSSR count). The Morgan fingerprint density at radius 3 is 2.45 bits per heavy atom. The minimum atomic E-state index is -0.290. The molecule has 0 fully saturated rings. The number of rotatable bonds is 14. The predicted molar refractivity (Wildman–Crippen MR) is 86.0 cm³/mol. The van der Waals surface area contributed by atoms with Crippen molar-refractivity contribution in [1.29, 1.82) is 0 Å². The van der Waals surface area contributed by atoms with Crippen LogP contribution in [-0.4, -0.2) is 62.1 Å². The Labute approximate surface area is 137 Å². The predicted octanol–water partition coefficient (Wildman–Crippen LogP) is 2.04. The second-order valence-corrected chi connectivity index (χ2v) is 6.35. The quantitative estimate of drug-likeness (QED) is 0.273. The third-order valence-electron chi connectivity index (χ3n) is 2.37. The van der Waals surface area contributed by atoms with Crippen molar-refractivity contribution in [1.82, 2.24) is 0 Å². The molecule has 0 aromatic carbocycles. The highest BCUT2D eigenvalue weighted by molar-refractivity contribution is 7.99. The molecule has 0 saturated heterocycles. The summed E-state index contributed by atoms with van der Waals surface area (Å²) in [5, 5.41) is 0. The first-order valence-electron chi connectivity index (χ1n) is 7.51. The van der Waals surface area contributed by atoms with Crippen LogP contribution in [0.4, 0.5) is 0 Å². The van der Waals surface area contributed by atoms with Gasteiger partial charge in [-0.15, -0.1) is 0 Å². The molecule has 130 valence electrons. The summed E-state index contributed by atoms with van der Waals surface area (Å²) in [6, 6.07) is 0. The lowest BCUT2D eigenvalue weighted by Gasteiger charge is -2.21. The van der Waals surface area contributed by atoms with Crippen LogP contribution >= 0.6 is 11.8 Å². The van der Waals surface area contributed by atoms with Crippen LogP contribution in [0.15, 0.2) is 0 Å². The molecule has 0 heterocycles. The van der Waals surface area contributed by atoms with Crippen LogP contribution in [0, 0.1) is 0 Å². The van der Waals surface area contributed by atoms with E-state index < -0.39 is 0 Å². The molecule has 0 aliphatic rings. The van der Waals surface area contributed by atoms with Gasteiger partial charge in [0.1, 0.15) is 13.2 Å². The molecule has 0 aliphatic heterocycles. The fraction of sp³-hybridized carbons (Fsp3) is 0.867. The van der Waals surface area contributed by atoms with Gasteiger partial charge in [0.15, 0.2) is 0 Å². The number of esters is 1. The maximum Gasteiger partial charge on any atom is 0.306 e. The Bertz CT molecular complexity index is 296. The summed E-state index contributed by atoms with van der Waals surface area (Å²) < 4.78 is 20.7. The van der Waals surface area contributed by atoms with Gasteiger partial charge >= 0.3 is 5.97 Å². The van der Waals surface area contributed by atoms with Crippen LogP contribution in [-0.2, 0) is 28.5 Å². The van der Waals surface area contributed by atoms with Crippen LogP contribution in [0.2, 0.25) is 0 Å². The van der Waals surface area contributed by atoms with Crippen molar-refractivity contribution in [2.45, 2.75) is 52.4 Å². The zero-order valence-corrected chi connectivity index (χ0v) is 14.7. The van der Waals surface area contributed by atoms with Crippen molar-refractivity contribution in [2.75, 3.05) is 31.3 Å². The average molecular weight is 336 g/mol. The minimum Gasteiger partial charge on any atom is -0.464 e. The molecule has 0 spiro atoms. The highest BCUT2D eigenvalue weighted by Crippen LogP contribution is 2.11. The van der Waals surface area contributed by atoms with Gasteiger partial charge in [0.05, 0.1) is 31.3 Å². The molecular weight excluding hydrogens is 308 g/mol. The van der Waals surface area contributed by atoms with Crippen molar-refractivity contribution in [3.05, 3.63) is 0 Å². The summed E-state index contributed by atoms with van der Waals surface area (Å²) in [5.74, 6) is 1.14. The van der Waals surface area contributed by atoms with E-state index in [2.05, 4.69) is 4.74 Å². The third-order valence-corrected chi connectivity index (χ3v) is 3.47. The summed E-state index contributed by atoms with van der Waals surface area (Å²) >= 11 is 1.63. The maximum absolute atomic E-state index is 11.4. The normalized spacial score (nSPS) is 12.5. The summed E-state index contributed by atoms with van der Waals surface area (Å²) in [6.45, 7) is 9.04. The van der Waals surface area contributed by atoms with Crippen molar-refractivity contribution in [3.63, 3.8) is 0 Å². The molecule has 0 aromatic heterocycles. The molecule has 1 unspecified atom stereocenters. The molecule has 0 amide bonds. The van der Waals surface area contributed by atoms with Crippen molar-refractivity contribution < 1.29 is 28.5 Å². The van der Waals surface area contributed by atoms with E-state index in [1.807, 2.05) is 27.7 Å². The molecule has 0 N–H and O–H groups in total. The summed E-state index contributed by atoms with van der Waals surface area (Å²) in [6.07, 6.45) is 0.658. The Balaban J connectivity index is 3.77. The van der Waals surface area contributed by atoms with Crippen LogP contribution in [0.25, 0.3) is 0 Å². The Morgan fingerprint density at radius 2 is 1.86 bits per heavy atom. The second kappa shape index (κ2) is 13.8. The SMILES string of the molecule is CC(C)OCC(CSCCC(=O)OCCOC=O)OC(C)C. The van der Waals surface area contributed by atoms with Gasteiger partial charge < -0.3 is 18.9 Å². The topological polar surface area (TPSA) is 71.1 Å². The lowest BCUT2D eigenvalue weighted by atomic mass is 10.4. The second-order valence-electron chi connectivity index (χ2n) is 5.20. The lowest BCUT2D eigenvalue weighted by Crippen LogP contribution is -2.27. The molecular formula is C15H28O6S. The fourth-order valence-electron chi connectivity index (χ4n) is 1.51. The number of thioether (sulfide) groups is 1. The largest absolute Gasteiger partial charge is 0.464 e. The van der Waals surface area contributed by atoms with E-state index in [1.165, 1.54) is 0 Å². The Kier molecular flexibility index (Phi) is 13.3. The van der Waals surface area contributed by atoms with E-state index in [-0.39, 0.29) is 37.5 Å². The van der Waals surface area contributed by atoms with Gasteiger partial charge in [-0.25, -0.2) is 0 Å². The molecule has 7 heteroatoms. The molecule has 22 heavy (non-hydrogen) atoms. The smallest absolute Gasteiger partial charge is 0.306 e. The first-order chi connectivity index (χ1) is 10.5. The van der Waals surface area contributed by atoms with Gasteiger partial charge in [-0.2, -0.15) is 11.8 Å². The van der Waals surface area contributed by atoms with Crippen molar-refractivity contribution in [2.24, 2.45) is 0 Å². The Hall–Kier alpha value is -0.790. The maximum atomic E-state index is 11.4. The lowest BCUT2D eigenvalue weighted by molar-refractivity contribution is -0.146.